The molecule has 0 aliphatic carbocycles. The van der Waals surface area contributed by atoms with Crippen molar-refractivity contribution in [2.24, 2.45) is 5.92 Å². The molecule has 1 fully saturated rings. The van der Waals surface area contributed by atoms with Gasteiger partial charge in [-0.2, -0.15) is 5.10 Å². The molecule has 2 aromatic heterocycles. The van der Waals surface area contributed by atoms with E-state index in [1.54, 1.807) is 41.6 Å². The second kappa shape index (κ2) is 8.17. The number of benzene rings is 1. The molecule has 2 amide bonds. The Morgan fingerprint density at radius 3 is 2.93 bits per heavy atom. The summed E-state index contributed by atoms with van der Waals surface area (Å²) >= 11 is 0. The highest BCUT2D eigenvalue weighted by Crippen LogP contribution is 2.25. The molecule has 1 saturated heterocycles. The fraction of sp³-hybridized carbons (Fsp3) is 0.250. The fourth-order valence-corrected chi connectivity index (χ4v) is 3.27. The van der Waals surface area contributed by atoms with Gasteiger partial charge in [-0.15, -0.1) is 0 Å². The molecule has 0 bridgehead atoms. The summed E-state index contributed by atoms with van der Waals surface area (Å²) in [5.74, 6) is -1.25. The van der Waals surface area contributed by atoms with Crippen molar-refractivity contribution in [3.05, 3.63) is 60.9 Å². The quantitative estimate of drug-likeness (QED) is 0.686. The number of hydrogen-bond donors (Lipinski definition) is 1. The smallest absolute Gasteiger partial charge is 0.227 e. The first-order valence-corrected chi connectivity index (χ1v) is 9.23. The van der Waals surface area contributed by atoms with Crippen LogP contribution in [-0.2, 0) is 16.1 Å². The minimum atomic E-state index is -0.460. The number of halogens is 1. The van der Waals surface area contributed by atoms with Crippen LogP contribution >= 0.6 is 0 Å². The van der Waals surface area contributed by atoms with Gasteiger partial charge in [0, 0.05) is 43.8 Å². The van der Waals surface area contributed by atoms with Crippen molar-refractivity contribution in [3.8, 4) is 11.4 Å². The van der Waals surface area contributed by atoms with E-state index in [1.807, 2.05) is 6.07 Å². The van der Waals surface area contributed by atoms with E-state index in [1.165, 1.54) is 17.0 Å². The summed E-state index contributed by atoms with van der Waals surface area (Å²) in [6.45, 7) is 1.11. The van der Waals surface area contributed by atoms with Crippen molar-refractivity contribution in [1.29, 1.82) is 0 Å². The minimum absolute atomic E-state index is 0.112. The van der Waals surface area contributed by atoms with Gasteiger partial charge in [-0.05, 0) is 24.3 Å². The van der Waals surface area contributed by atoms with Gasteiger partial charge in [0.1, 0.15) is 17.2 Å². The maximum atomic E-state index is 13.4. The SMILES string of the molecule is O=C(NCCn1ccc(-c2cnccn2)n1)[C@@H]1CC(=O)N(c2cccc(F)c2)C1. The lowest BCUT2D eigenvalue weighted by molar-refractivity contribution is -0.126. The second-order valence-corrected chi connectivity index (χ2v) is 6.73. The molecule has 1 aliphatic heterocycles. The molecule has 1 aliphatic rings. The Bertz CT molecular complexity index is 1020. The molecule has 0 spiro atoms. The van der Waals surface area contributed by atoms with E-state index in [-0.39, 0.29) is 24.8 Å². The average Bonchev–Trinajstić information content (AvgIpc) is 3.35. The number of nitrogens with one attached hydrogen (secondary N) is 1. The number of rotatable bonds is 6. The number of nitrogens with zero attached hydrogens (tertiary/aromatic N) is 5. The Morgan fingerprint density at radius 1 is 1.24 bits per heavy atom. The van der Waals surface area contributed by atoms with E-state index in [0.29, 0.717) is 30.2 Å². The largest absolute Gasteiger partial charge is 0.354 e. The number of aromatic nitrogens is 4. The highest BCUT2D eigenvalue weighted by molar-refractivity contribution is 6.00. The van der Waals surface area contributed by atoms with Crippen LogP contribution in [0.5, 0.6) is 0 Å². The van der Waals surface area contributed by atoms with E-state index in [9.17, 15) is 14.0 Å². The van der Waals surface area contributed by atoms with Gasteiger partial charge in [0.2, 0.25) is 11.8 Å². The number of anilines is 1. The second-order valence-electron chi connectivity index (χ2n) is 6.73. The van der Waals surface area contributed by atoms with Gasteiger partial charge in [0.15, 0.2) is 0 Å². The maximum Gasteiger partial charge on any atom is 0.227 e. The Kier molecular flexibility index (Phi) is 5.28. The van der Waals surface area contributed by atoms with Crippen LogP contribution in [0.25, 0.3) is 11.4 Å². The molecule has 3 heterocycles. The van der Waals surface area contributed by atoms with Crippen LogP contribution in [0, 0.1) is 11.7 Å². The lowest BCUT2D eigenvalue weighted by Crippen LogP contribution is -2.34. The van der Waals surface area contributed by atoms with Gasteiger partial charge >= 0.3 is 0 Å². The van der Waals surface area contributed by atoms with Crippen LogP contribution in [0.3, 0.4) is 0 Å². The number of carbonyl (C=O) groups is 2. The molecule has 0 unspecified atom stereocenters. The molecular formula is C20H19FN6O2. The molecule has 9 heteroatoms. The summed E-state index contributed by atoms with van der Waals surface area (Å²) in [5.41, 5.74) is 1.85. The van der Waals surface area contributed by atoms with Crippen molar-refractivity contribution in [3.63, 3.8) is 0 Å². The number of carbonyl (C=O) groups excluding carboxylic acids is 2. The predicted molar refractivity (Wildman–Crippen MR) is 103 cm³/mol. The third-order valence-corrected chi connectivity index (χ3v) is 4.72. The van der Waals surface area contributed by atoms with Crippen molar-refractivity contribution < 1.29 is 14.0 Å². The predicted octanol–water partition coefficient (Wildman–Crippen LogP) is 1.65. The van der Waals surface area contributed by atoms with Gasteiger partial charge < -0.3 is 10.2 Å². The zero-order chi connectivity index (χ0) is 20.2. The van der Waals surface area contributed by atoms with Crippen LogP contribution in [-0.4, -0.2) is 44.7 Å². The molecule has 1 atom stereocenters. The monoisotopic (exact) mass is 394 g/mol. The van der Waals surface area contributed by atoms with E-state index < -0.39 is 11.7 Å². The van der Waals surface area contributed by atoms with Gasteiger partial charge in [-0.3, -0.25) is 24.2 Å². The number of hydrogen-bond acceptors (Lipinski definition) is 5. The van der Waals surface area contributed by atoms with Crippen molar-refractivity contribution in [1.82, 2.24) is 25.1 Å². The summed E-state index contributed by atoms with van der Waals surface area (Å²) in [7, 11) is 0. The minimum Gasteiger partial charge on any atom is -0.354 e. The van der Waals surface area contributed by atoms with Crippen LogP contribution in [0.15, 0.2) is 55.1 Å². The van der Waals surface area contributed by atoms with Crippen molar-refractivity contribution in [2.75, 3.05) is 18.0 Å². The van der Waals surface area contributed by atoms with Crippen LogP contribution in [0.4, 0.5) is 10.1 Å². The van der Waals surface area contributed by atoms with E-state index in [0.717, 1.165) is 0 Å². The third kappa shape index (κ3) is 4.29. The summed E-state index contributed by atoms with van der Waals surface area (Å²) < 4.78 is 15.1. The Hall–Kier alpha value is -3.62. The third-order valence-electron chi connectivity index (χ3n) is 4.72. The van der Waals surface area contributed by atoms with E-state index in [2.05, 4.69) is 20.4 Å². The summed E-state index contributed by atoms with van der Waals surface area (Å²) in [6.07, 6.45) is 6.75. The topological polar surface area (TPSA) is 93.0 Å². The molecule has 0 radical (unpaired) electrons. The van der Waals surface area contributed by atoms with E-state index in [4.69, 9.17) is 0 Å². The molecule has 148 valence electrons. The van der Waals surface area contributed by atoms with E-state index >= 15 is 0 Å². The molecule has 8 nitrogen and oxygen atoms in total. The first-order chi connectivity index (χ1) is 14.1. The molecule has 4 rings (SSSR count). The van der Waals surface area contributed by atoms with Crippen LogP contribution in [0.1, 0.15) is 6.42 Å². The van der Waals surface area contributed by atoms with Crippen LogP contribution in [0.2, 0.25) is 0 Å². The Morgan fingerprint density at radius 2 is 2.14 bits per heavy atom. The van der Waals surface area contributed by atoms with Gasteiger partial charge in [-0.1, -0.05) is 6.07 Å². The molecule has 3 aromatic rings. The maximum absolute atomic E-state index is 13.4. The summed E-state index contributed by atoms with van der Waals surface area (Å²) in [6, 6.07) is 7.65. The molecular weight excluding hydrogens is 375 g/mol. The van der Waals surface area contributed by atoms with Gasteiger partial charge in [0.05, 0.1) is 18.7 Å². The molecule has 0 saturated carbocycles. The van der Waals surface area contributed by atoms with Crippen molar-refractivity contribution >= 4 is 17.5 Å². The molecule has 29 heavy (non-hydrogen) atoms. The van der Waals surface area contributed by atoms with Crippen molar-refractivity contribution in [2.45, 2.75) is 13.0 Å². The molecule has 1 N–H and O–H groups in total. The Labute approximate surface area is 166 Å². The first-order valence-electron chi connectivity index (χ1n) is 9.23. The highest BCUT2D eigenvalue weighted by Gasteiger charge is 2.35. The summed E-state index contributed by atoms with van der Waals surface area (Å²) in [5, 5.41) is 7.26. The first kappa shape index (κ1) is 18.7. The highest BCUT2D eigenvalue weighted by atomic mass is 19.1. The zero-order valence-corrected chi connectivity index (χ0v) is 15.5. The van der Waals surface area contributed by atoms with Gasteiger partial charge in [0.25, 0.3) is 0 Å². The summed E-state index contributed by atoms with van der Waals surface area (Å²) in [4.78, 5) is 34.3. The average molecular weight is 394 g/mol. The zero-order valence-electron chi connectivity index (χ0n) is 15.5. The lowest BCUT2D eigenvalue weighted by atomic mass is 10.1. The normalized spacial score (nSPS) is 16.2. The van der Waals surface area contributed by atoms with Crippen LogP contribution < -0.4 is 10.2 Å². The fourth-order valence-electron chi connectivity index (χ4n) is 3.27. The number of amides is 2. The standard InChI is InChI=1S/C20H19FN6O2/c21-15-2-1-3-16(11-15)27-13-14(10-19(27)28)20(29)24-7-9-26-8-4-17(25-26)18-12-22-5-6-23-18/h1-6,8,11-12,14H,7,9-10,13H2,(H,24,29)/t14-/m1/s1. The lowest BCUT2D eigenvalue weighted by Gasteiger charge is -2.16. The Balaban J connectivity index is 1.29. The molecule has 1 aromatic carbocycles. The van der Waals surface area contributed by atoms with Gasteiger partial charge in [-0.25, -0.2) is 4.39 Å².